The van der Waals surface area contributed by atoms with Crippen LogP contribution in [0, 0.1) is 6.92 Å². The van der Waals surface area contributed by atoms with Gasteiger partial charge >= 0.3 is 5.97 Å². The molecule has 0 fully saturated rings. The van der Waals surface area contributed by atoms with Gasteiger partial charge in [0.25, 0.3) is 0 Å². The number of rotatable bonds is 2. The molecule has 2 N–H and O–H groups in total. The summed E-state index contributed by atoms with van der Waals surface area (Å²) in [6, 6.07) is 6.60. The van der Waals surface area contributed by atoms with Crippen molar-refractivity contribution in [1.82, 2.24) is 0 Å². The number of carboxylic acid groups (broad SMARTS) is 1. The summed E-state index contributed by atoms with van der Waals surface area (Å²) in [7, 11) is 0. The molecule has 2 aromatic rings. The second-order valence-electron chi connectivity index (χ2n) is 3.47. The lowest BCUT2D eigenvalue weighted by atomic mass is 10.00. The van der Waals surface area contributed by atoms with Crippen LogP contribution in [0.4, 0.5) is 0 Å². The summed E-state index contributed by atoms with van der Waals surface area (Å²) in [4.78, 5) is 12.0. The van der Waals surface area contributed by atoms with Gasteiger partial charge in [0.2, 0.25) is 0 Å². The number of benzene rings is 1. The number of carboxylic acids is 1. The van der Waals surface area contributed by atoms with Crippen molar-refractivity contribution in [1.29, 1.82) is 0 Å². The van der Waals surface area contributed by atoms with Crippen molar-refractivity contribution in [3.05, 3.63) is 40.8 Å². The quantitative estimate of drug-likeness (QED) is 0.839. The molecule has 16 heavy (non-hydrogen) atoms. The highest BCUT2D eigenvalue weighted by Gasteiger charge is 2.16. The molecule has 0 aliphatic heterocycles. The smallest absolute Gasteiger partial charge is 0.336 e. The van der Waals surface area contributed by atoms with Gasteiger partial charge in [-0.05, 0) is 36.1 Å². The zero-order chi connectivity index (χ0) is 11.7. The minimum atomic E-state index is -1.03. The van der Waals surface area contributed by atoms with Gasteiger partial charge < -0.3 is 10.2 Å². The van der Waals surface area contributed by atoms with E-state index in [9.17, 15) is 9.90 Å². The fourth-order valence-electron chi connectivity index (χ4n) is 1.68. The predicted octanol–water partition coefficient (Wildman–Crippen LogP) is 3.13. The van der Waals surface area contributed by atoms with E-state index >= 15 is 0 Å². The molecule has 0 aliphatic carbocycles. The maximum Gasteiger partial charge on any atom is 0.336 e. The normalized spacial score (nSPS) is 10.3. The van der Waals surface area contributed by atoms with Gasteiger partial charge in [-0.15, -0.1) is 11.3 Å². The molecule has 0 unspecified atom stereocenters. The minimum absolute atomic E-state index is 0.0183. The largest absolute Gasteiger partial charge is 0.508 e. The summed E-state index contributed by atoms with van der Waals surface area (Å²) in [6.45, 7) is 1.79. The average Bonchev–Trinajstić information content (AvgIpc) is 2.69. The molecule has 82 valence electrons. The monoisotopic (exact) mass is 234 g/mol. The van der Waals surface area contributed by atoms with Gasteiger partial charge in [0.15, 0.2) is 0 Å². The highest BCUT2D eigenvalue weighted by molar-refractivity contribution is 7.13. The van der Waals surface area contributed by atoms with Crippen LogP contribution in [-0.4, -0.2) is 16.2 Å². The number of thiophene rings is 1. The lowest BCUT2D eigenvalue weighted by molar-refractivity contribution is 0.0697. The first-order valence-electron chi connectivity index (χ1n) is 4.70. The number of carbonyl (C=O) groups is 1. The molecular formula is C12H10O3S. The lowest BCUT2D eigenvalue weighted by Gasteiger charge is -2.08. The number of hydrogen-bond donors (Lipinski definition) is 2. The second kappa shape index (κ2) is 3.98. The summed E-state index contributed by atoms with van der Waals surface area (Å²) >= 11 is 1.48. The van der Waals surface area contributed by atoms with Crippen molar-refractivity contribution < 1.29 is 15.0 Å². The van der Waals surface area contributed by atoms with E-state index in [1.54, 1.807) is 13.0 Å². The maximum absolute atomic E-state index is 11.1. The van der Waals surface area contributed by atoms with E-state index in [-0.39, 0.29) is 11.3 Å². The summed E-state index contributed by atoms with van der Waals surface area (Å²) in [5, 5.41) is 20.4. The summed E-state index contributed by atoms with van der Waals surface area (Å²) in [5.74, 6) is -1.04. The Hall–Kier alpha value is -1.81. The molecule has 0 saturated carbocycles. The molecule has 0 spiro atoms. The number of aryl methyl sites for hydroxylation is 1. The number of phenols is 1. The van der Waals surface area contributed by atoms with Gasteiger partial charge in [0.05, 0.1) is 5.56 Å². The van der Waals surface area contributed by atoms with E-state index in [1.807, 2.05) is 17.5 Å². The van der Waals surface area contributed by atoms with Crippen LogP contribution in [0.25, 0.3) is 10.4 Å². The summed E-state index contributed by atoms with van der Waals surface area (Å²) in [5.41, 5.74) is 1.58. The second-order valence-corrected chi connectivity index (χ2v) is 4.42. The zero-order valence-corrected chi connectivity index (χ0v) is 9.41. The van der Waals surface area contributed by atoms with E-state index in [0.29, 0.717) is 5.56 Å². The standard InChI is InChI=1S/C12H10O3S/c1-7-5-8(13)6-9(12(14)15)11(7)10-3-2-4-16-10/h2-6,13H,1H3,(H,14,15). The Kier molecular flexibility index (Phi) is 2.66. The Morgan fingerprint density at radius 3 is 2.69 bits per heavy atom. The SMILES string of the molecule is Cc1cc(O)cc(C(=O)O)c1-c1cccs1. The Labute approximate surface area is 96.6 Å². The molecule has 0 aliphatic rings. The molecule has 0 amide bonds. The molecule has 4 heteroatoms. The van der Waals surface area contributed by atoms with Crippen molar-refractivity contribution >= 4 is 17.3 Å². The van der Waals surface area contributed by atoms with Crippen molar-refractivity contribution in [2.45, 2.75) is 6.92 Å². The van der Waals surface area contributed by atoms with Crippen molar-refractivity contribution in [3.63, 3.8) is 0 Å². The third-order valence-electron chi connectivity index (χ3n) is 2.32. The Bertz CT molecular complexity index is 529. The highest BCUT2D eigenvalue weighted by atomic mass is 32.1. The van der Waals surface area contributed by atoms with Gasteiger partial charge in [-0.3, -0.25) is 0 Å². The van der Waals surface area contributed by atoms with Crippen molar-refractivity contribution in [2.75, 3.05) is 0 Å². The highest BCUT2D eigenvalue weighted by Crippen LogP contribution is 2.33. The average molecular weight is 234 g/mol. The number of hydrogen-bond acceptors (Lipinski definition) is 3. The van der Waals surface area contributed by atoms with Crippen molar-refractivity contribution in [3.8, 4) is 16.2 Å². The van der Waals surface area contributed by atoms with Gasteiger partial charge in [0, 0.05) is 10.4 Å². The Morgan fingerprint density at radius 2 is 2.12 bits per heavy atom. The predicted molar refractivity (Wildman–Crippen MR) is 63.1 cm³/mol. The molecular weight excluding hydrogens is 224 g/mol. The molecule has 3 nitrogen and oxygen atoms in total. The minimum Gasteiger partial charge on any atom is -0.508 e. The zero-order valence-electron chi connectivity index (χ0n) is 8.60. The van der Waals surface area contributed by atoms with Crippen molar-refractivity contribution in [2.24, 2.45) is 0 Å². The molecule has 1 aromatic heterocycles. The van der Waals surface area contributed by atoms with Gasteiger partial charge in [-0.1, -0.05) is 6.07 Å². The van der Waals surface area contributed by atoms with Crippen LogP contribution in [0.2, 0.25) is 0 Å². The van der Waals surface area contributed by atoms with Crippen LogP contribution in [0.3, 0.4) is 0 Å². The summed E-state index contributed by atoms with van der Waals surface area (Å²) in [6.07, 6.45) is 0. The van der Waals surface area contributed by atoms with Gasteiger partial charge in [-0.25, -0.2) is 4.79 Å². The van der Waals surface area contributed by atoms with Gasteiger partial charge in [0.1, 0.15) is 5.75 Å². The van der Waals surface area contributed by atoms with E-state index < -0.39 is 5.97 Å². The van der Waals surface area contributed by atoms with E-state index in [2.05, 4.69) is 0 Å². The number of aromatic carboxylic acids is 1. The first-order valence-corrected chi connectivity index (χ1v) is 5.58. The lowest BCUT2D eigenvalue weighted by Crippen LogP contribution is -2.00. The van der Waals surface area contributed by atoms with E-state index in [1.165, 1.54) is 17.4 Å². The fourth-order valence-corrected chi connectivity index (χ4v) is 2.53. The summed E-state index contributed by atoms with van der Waals surface area (Å²) < 4.78 is 0. The van der Waals surface area contributed by atoms with Crippen LogP contribution in [0.5, 0.6) is 5.75 Å². The fraction of sp³-hybridized carbons (Fsp3) is 0.0833. The molecule has 0 atom stereocenters. The molecule has 0 saturated heterocycles. The third-order valence-corrected chi connectivity index (χ3v) is 3.21. The van der Waals surface area contributed by atoms with E-state index in [0.717, 1.165) is 10.4 Å². The van der Waals surface area contributed by atoms with Gasteiger partial charge in [-0.2, -0.15) is 0 Å². The van der Waals surface area contributed by atoms with Crippen LogP contribution in [0.1, 0.15) is 15.9 Å². The van der Waals surface area contributed by atoms with E-state index in [4.69, 9.17) is 5.11 Å². The number of aromatic hydroxyl groups is 1. The van der Waals surface area contributed by atoms with Crippen LogP contribution >= 0.6 is 11.3 Å². The molecule has 0 bridgehead atoms. The Morgan fingerprint density at radius 1 is 1.38 bits per heavy atom. The topological polar surface area (TPSA) is 57.5 Å². The van der Waals surface area contributed by atoms with Crippen LogP contribution < -0.4 is 0 Å². The Balaban J connectivity index is 2.72. The third kappa shape index (κ3) is 1.79. The molecule has 2 rings (SSSR count). The molecule has 0 radical (unpaired) electrons. The first-order chi connectivity index (χ1) is 7.59. The van der Waals surface area contributed by atoms with Crippen LogP contribution in [0.15, 0.2) is 29.6 Å². The number of phenolic OH excluding ortho intramolecular Hbond substituents is 1. The molecule has 1 heterocycles. The first kappa shape index (κ1) is 10.7. The van der Waals surface area contributed by atoms with Crippen LogP contribution in [-0.2, 0) is 0 Å². The maximum atomic E-state index is 11.1. The molecule has 1 aromatic carbocycles.